The van der Waals surface area contributed by atoms with Crippen LogP contribution >= 0.6 is 0 Å². The number of anilines is 1. The van der Waals surface area contributed by atoms with Gasteiger partial charge in [0.15, 0.2) is 0 Å². The molecule has 0 radical (unpaired) electrons. The van der Waals surface area contributed by atoms with Crippen LogP contribution in [0.3, 0.4) is 0 Å². The molecule has 0 aliphatic carbocycles. The van der Waals surface area contributed by atoms with Crippen molar-refractivity contribution in [2.45, 2.75) is 18.3 Å². The lowest BCUT2D eigenvalue weighted by molar-refractivity contribution is -0.121. The Labute approximate surface area is 93.0 Å². The lowest BCUT2D eigenvalue weighted by Crippen LogP contribution is -2.44. The van der Waals surface area contributed by atoms with Gasteiger partial charge >= 0.3 is 0 Å². The van der Waals surface area contributed by atoms with Crippen LogP contribution in [0.15, 0.2) is 18.2 Å². The number of carbonyl (C=O) groups excluding carboxylic acids is 1. The minimum atomic E-state index is -0.497. The lowest BCUT2D eigenvalue weighted by Gasteiger charge is -2.31. The minimum Gasteiger partial charge on any atom is -0.325 e. The monoisotopic (exact) mass is 220 g/mol. The number of hydrogen-bond donors (Lipinski definition) is 2. The van der Waals surface area contributed by atoms with Gasteiger partial charge in [0.05, 0.1) is 5.41 Å². The van der Waals surface area contributed by atoms with Crippen molar-refractivity contribution in [3.63, 3.8) is 0 Å². The zero-order valence-corrected chi connectivity index (χ0v) is 8.85. The molecular formula is C12H13FN2O. The summed E-state index contributed by atoms with van der Waals surface area (Å²) < 4.78 is 13.3. The number of benzene rings is 1. The van der Waals surface area contributed by atoms with Gasteiger partial charge in [-0.15, -0.1) is 0 Å². The van der Waals surface area contributed by atoms with Crippen molar-refractivity contribution in [1.82, 2.24) is 5.32 Å². The van der Waals surface area contributed by atoms with Gasteiger partial charge in [0.1, 0.15) is 5.82 Å². The van der Waals surface area contributed by atoms with Crippen molar-refractivity contribution in [3.8, 4) is 0 Å². The number of piperidine rings is 1. The molecular weight excluding hydrogens is 207 g/mol. The largest absolute Gasteiger partial charge is 0.325 e. The highest BCUT2D eigenvalue weighted by Gasteiger charge is 2.47. The summed E-state index contributed by atoms with van der Waals surface area (Å²) in [6.07, 6.45) is 1.49. The van der Waals surface area contributed by atoms with E-state index in [0.29, 0.717) is 0 Å². The fraction of sp³-hybridized carbons (Fsp3) is 0.417. The molecule has 16 heavy (non-hydrogen) atoms. The maximum absolute atomic E-state index is 13.3. The summed E-state index contributed by atoms with van der Waals surface area (Å²) in [5.41, 5.74) is 1.11. The van der Waals surface area contributed by atoms with Crippen LogP contribution in [0.4, 0.5) is 10.1 Å². The van der Waals surface area contributed by atoms with Crippen LogP contribution in [0, 0.1) is 5.82 Å². The van der Waals surface area contributed by atoms with Crippen LogP contribution in [0.1, 0.15) is 18.4 Å². The van der Waals surface area contributed by atoms with Crippen LogP contribution in [0.25, 0.3) is 0 Å². The molecule has 3 rings (SSSR count). The average Bonchev–Trinajstić information content (AvgIpc) is 2.55. The Morgan fingerprint density at radius 3 is 2.75 bits per heavy atom. The quantitative estimate of drug-likeness (QED) is 0.694. The molecule has 0 unspecified atom stereocenters. The van der Waals surface area contributed by atoms with Crippen molar-refractivity contribution in [2.75, 3.05) is 18.4 Å². The van der Waals surface area contributed by atoms with Crippen molar-refractivity contribution in [1.29, 1.82) is 0 Å². The number of amides is 1. The predicted molar refractivity (Wildman–Crippen MR) is 58.8 cm³/mol. The number of rotatable bonds is 0. The van der Waals surface area contributed by atoms with Gasteiger partial charge < -0.3 is 10.6 Å². The van der Waals surface area contributed by atoms with Crippen LogP contribution in [0.5, 0.6) is 0 Å². The first-order valence-electron chi connectivity index (χ1n) is 5.55. The molecule has 0 atom stereocenters. The number of carbonyl (C=O) groups is 1. The highest BCUT2D eigenvalue weighted by Crippen LogP contribution is 2.43. The molecule has 1 saturated heterocycles. The molecule has 0 bridgehead atoms. The van der Waals surface area contributed by atoms with Crippen LogP contribution in [-0.2, 0) is 10.2 Å². The molecule has 1 aromatic rings. The Morgan fingerprint density at radius 2 is 2.00 bits per heavy atom. The second-order valence-electron chi connectivity index (χ2n) is 4.48. The van der Waals surface area contributed by atoms with Crippen LogP contribution in [-0.4, -0.2) is 19.0 Å². The molecule has 2 aliphatic rings. The van der Waals surface area contributed by atoms with Gasteiger partial charge in [-0.3, -0.25) is 4.79 Å². The van der Waals surface area contributed by atoms with Crippen molar-refractivity contribution in [3.05, 3.63) is 29.6 Å². The molecule has 1 aromatic carbocycles. The Bertz CT molecular complexity index is 452. The molecule has 4 heteroatoms. The van der Waals surface area contributed by atoms with E-state index in [4.69, 9.17) is 0 Å². The summed E-state index contributed by atoms with van der Waals surface area (Å²) in [4.78, 5) is 12.1. The van der Waals surface area contributed by atoms with Crippen molar-refractivity contribution < 1.29 is 9.18 Å². The second-order valence-corrected chi connectivity index (χ2v) is 4.48. The first kappa shape index (κ1) is 9.78. The van der Waals surface area contributed by atoms with Crippen molar-refractivity contribution >= 4 is 11.6 Å². The van der Waals surface area contributed by atoms with E-state index in [-0.39, 0.29) is 11.7 Å². The Hall–Kier alpha value is -1.42. The average molecular weight is 220 g/mol. The zero-order valence-electron chi connectivity index (χ0n) is 8.85. The summed E-state index contributed by atoms with van der Waals surface area (Å²) in [5, 5.41) is 6.08. The molecule has 1 spiro atoms. The number of halogens is 1. The maximum atomic E-state index is 13.3. The van der Waals surface area contributed by atoms with E-state index in [0.717, 1.165) is 37.2 Å². The Balaban J connectivity index is 2.13. The smallest absolute Gasteiger partial charge is 0.235 e. The highest BCUT2D eigenvalue weighted by molar-refractivity contribution is 6.06. The molecule has 1 amide bonds. The standard InChI is InChI=1S/C12H13FN2O/c13-8-1-2-10-9(7-8)12(11(16)15-10)3-5-14-6-4-12/h1-2,7,14H,3-6H2,(H,15,16). The van der Waals surface area contributed by atoms with Gasteiger partial charge in [0.2, 0.25) is 5.91 Å². The normalized spacial score (nSPS) is 21.9. The van der Waals surface area contributed by atoms with Gasteiger partial charge in [-0.1, -0.05) is 0 Å². The van der Waals surface area contributed by atoms with Crippen LogP contribution < -0.4 is 10.6 Å². The number of fused-ring (bicyclic) bond motifs is 2. The van der Waals surface area contributed by atoms with E-state index in [9.17, 15) is 9.18 Å². The Kier molecular flexibility index (Phi) is 2.01. The fourth-order valence-electron chi connectivity index (χ4n) is 2.74. The summed E-state index contributed by atoms with van der Waals surface area (Å²) in [7, 11) is 0. The van der Waals surface area contributed by atoms with Gasteiger partial charge in [0, 0.05) is 5.69 Å². The van der Waals surface area contributed by atoms with Crippen LogP contribution in [0.2, 0.25) is 0 Å². The predicted octanol–water partition coefficient (Wildman–Crippen LogP) is 1.40. The van der Waals surface area contributed by atoms with Gasteiger partial charge in [-0.05, 0) is 49.7 Å². The summed E-state index contributed by atoms with van der Waals surface area (Å²) in [6.45, 7) is 1.62. The number of hydrogen-bond acceptors (Lipinski definition) is 2. The zero-order chi connectivity index (χ0) is 11.2. The van der Waals surface area contributed by atoms with Gasteiger partial charge in [-0.2, -0.15) is 0 Å². The number of nitrogens with one attached hydrogen (secondary N) is 2. The third kappa shape index (κ3) is 1.19. The summed E-state index contributed by atoms with van der Waals surface area (Å²) >= 11 is 0. The SMILES string of the molecule is O=C1Nc2ccc(F)cc2C12CCNCC2. The molecule has 2 N–H and O–H groups in total. The molecule has 3 nitrogen and oxygen atoms in total. The van der Waals surface area contributed by atoms with Gasteiger partial charge in [0.25, 0.3) is 0 Å². The molecule has 0 aromatic heterocycles. The van der Waals surface area contributed by atoms with E-state index >= 15 is 0 Å². The first-order valence-corrected chi connectivity index (χ1v) is 5.55. The van der Waals surface area contributed by atoms with E-state index in [1.807, 2.05) is 0 Å². The fourth-order valence-corrected chi connectivity index (χ4v) is 2.74. The highest BCUT2D eigenvalue weighted by atomic mass is 19.1. The molecule has 84 valence electrons. The second kappa shape index (κ2) is 3.28. The molecule has 2 heterocycles. The first-order chi connectivity index (χ1) is 7.72. The third-order valence-electron chi connectivity index (χ3n) is 3.64. The van der Waals surface area contributed by atoms with E-state index in [2.05, 4.69) is 10.6 Å². The summed E-state index contributed by atoms with van der Waals surface area (Å²) in [6, 6.07) is 4.54. The molecule has 1 fully saturated rings. The topological polar surface area (TPSA) is 41.1 Å². The van der Waals surface area contributed by atoms with E-state index in [1.54, 1.807) is 6.07 Å². The summed E-state index contributed by atoms with van der Waals surface area (Å²) in [5.74, 6) is -0.247. The van der Waals surface area contributed by atoms with Crippen molar-refractivity contribution in [2.24, 2.45) is 0 Å². The maximum Gasteiger partial charge on any atom is 0.235 e. The van der Waals surface area contributed by atoms with E-state index in [1.165, 1.54) is 12.1 Å². The molecule has 0 saturated carbocycles. The minimum absolute atomic E-state index is 0.0228. The lowest BCUT2D eigenvalue weighted by atomic mass is 9.74. The third-order valence-corrected chi connectivity index (χ3v) is 3.64. The molecule has 2 aliphatic heterocycles. The van der Waals surface area contributed by atoms with Gasteiger partial charge in [-0.25, -0.2) is 4.39 Å². The Morgan fingerprint density at radius 1 is 1.25 bits per heavy atom. The van der Waals surface area contributed by atoms with E-state index < -0.39 is 5.41 Å².